The Balaban J connectivity index is 1.59. The van der Waals surface area contributed by atoms with Crippen molar-refractivity contribution in [1.29, 1.82) is 5.26 Å². The van der Waals surface area contributed by atoms with Crippen molar-refractivity contribution in [2.24, 2.45) is 5.92 Å². The van der Waals surface area contributed by atoms with E-state index in [1.807, 2.05) is 0 Å². The van der Waals surface area contributed by atoms with Gasteiger partial charge in [0.1, 0.15) is 5.54 Å². The van der Waals surface area contributed by atoms with Crippen LogP contribution in [0.15, 0.2) is 0 Å². The zero-order valence-electron chi connectivity index (χ0n) is 13.7. The van der Waals surface area contributed by atoms with Crippen LogP contribution in [0.2, 0.25) is 0 Å². The number of unbranched alkanes of at least 4 members (excludes halogenated alkanes) is 4. The maximum absolute atomic E-state index is 9.63. The van der Waals surface area contributed by atoms with Crippen LogP contribution in [0.3, 0.4) is 0 Å². The van der Waals surface area contributed by atoms with Crippen LogP contribution in [0.1, 0.15) is 77.6 Å². The van der Waals surface area contributed by atoms with E-state index >= 15 is 0 Å². The van der Waals surface area contributed by atoms with Gasteiger partial charge in [-0.1, -0.05) is 39.0 Å². The topological polar surface area (TPSA) is 45.0 Å². The molecular formula is C18H32N2O. The molecule has 0 aromatic heterocycles. The van der Waals surface area contributed by atoms with Gasteiger partial charge in [-0.3, -0.25) is 5.32 Å². The summed E-state index contributed by atoms with van der Waals surface area (Å²) >= 11 is 0. The van der Waals surface area contributed by atoms with Gasteiger partial charge in [-0.2, -0.15) is 5.26 Å². The first-order valence-electron chi connectivity index (χ1n) is 9.07. The molecule has 2 aliphatic rings. The molecule has 0 spiro atoms. The fourth-order valence-corrected chi connectivity index (χ4v) is 3.57. The molecule has 0 heterocycles. The van der Waals surface area contributed by atoms with E-state index in [0.29, 0.717) is 12.0 Å². The first kappa shape index (κ1) is 16.8. The molecule has 2 unspecified atom stereocenters. The standard InChI is InChI=1S/C18H32N2O/c1-2-3-4-5-6-13-21-14-11-16-8-7-12-18(16,15-19)20-17-9-10-17/h16-17,20H,2-14H2,1H3. The Morgan fingerprint density at radius 3 is 2.67 bits per heavy atom. The molecule has 3 nitrogen and oxygen atoms in total. The molecule has 2 atom stereocenters. The lowest BCUT2D eigenvalue weighted by Gasteiger charge is -2.30. The summed E-state index contributed by atoms with van der Waals surface area (Å²) in [5.74, 6) is 0.489. The lowest BCUT2D eigenvalue weighted by atomic mass is 9.86. The number of nitriles is 1. The SMILES string of the molecule is CCCCCCCOCCC1CCCC1(C#N)NC1CC1. The van der Waals surface area contributed by atoms with E-state index in [1.165, 1.54) is 57.8 Å². The predicted molar refractivity (Wildman–Crippen MR) is 86.0 cm³/mol. The zero-order valence-corrected chi connectivity index (χ0v) is 13.7. The minimum absolute atomic E-state index is 0.244. The second kappa shape index (κ2) is 8.76. The second-order valence-electron chi connectivity index (χ2n) is 6.91. The summed E-state index contributed by atoms with van der Waals surface area (Å²) in [5.41, 5.74) is -0.244. The Morgan fingerprint density at radius 1 is 1.14 bits per heavy atom. The quantitative estimate of drug-likeness (QED) is 0.581. The van der Waals surface area contributed by atoms with Gasteiger partial charge in [0, 0.05) is 19.3 Å². The lowest BCUT2D eigenvalue weighted by Crippen LogP contribution is -2.48. The normalized spacial score (nSPS) is 28.7. The summed E-state index contributed by atoms with van der Waals surface area (Å²) in [7, 11) is 0. The molecule has 0 aliphatic heterocycles. The summed E-state index contributed by atoms with van der Waals surface area (Å²) in [5, 5.41) is 13.3. The molecule has 3 heteroatoms. The molecule has 120 valence electrons. The number of hydrogen-bond donors (Lipinski definition) is 1. The third-order valence-electron chi connectivity index (χ3n) is 5.06. The third-order valence-corrected chi connectivity index (χ3v) is 5.06. The number of nitrogens with one attached hydrogen (secondary N) is 1. The molecule has 2 aliphatic carbocycles. The summed E-state index contributed by atoms with van der Waals surface area (Å²) in [4.78, 5) is 0. The number of rotatable bonds is 11. The first-order chi connectivity index (χ1) is 10.3. The van der Waals surface area contributed by atoms with Gasteiger partial charge in [0.25, 0.3) is 0 Å². The molecule has 0 aromatic carbocycles. The minimum Gasteiger partial charge on any atom is -0.381 e. The number of nitrogens with zero attached hydrogens (tertiary/aromatic N) is 1. The van der Waals surface area contributed by atoms with Gasteiger partial charge in [-0.05, 0) is 44.4 Å². The summed E-state index contributed by atoms with van der Waals surface area (Å²) in [6.45, 7) is 3.97. The molecular weight excluding hydrogens is 260 g/mol. The van der Waals surface area contributed by atoms with E-state index in [-0.39, 0.29) is 5.54 Å². The molecule has 0 bridgehead atoms. The van der Waals surface area contributed by atoms with Gasteiger partial charge in [0.05, 0.1) is 6.07 Å². The first-order valence-corrected chi connectivity index (χ1v) is 9.07. The average Bonchev–Trinajstić information content (AvgIpc) is 3.22. The monoisotopic (exact) mass is 292 g/mol. The van der Waals surface area contributed by atoms with Crippen molar-refractivity contribution in [1.82, 2.24) is 5.32 Å². The Kier molecular flexibility index (Phi) is 6.99. The van der Waals surface area contributed by atoms with Crippen molar-refractivity contribution >= 4 is 0 Å². The van der Waals surface area contributed by atoms with E-state index < -0.39 is 0 Å². The highest BCUT2D eigenvalue weighted by molar-refractivity contribution is 5.16. The highest BCUT2D eigenvalue weighted by Gasteiger charge is 2.45. The zero-order chi connectivity index (χ0) is 15.0. The summed E-state index contributed by atoms with van der Waals surface area (Å²) in [6, 6.07) is 3.22. The van der Waals surface area contributed by atoms with Crippen LogP contribution in [0.5, 0.6) is 0 Å². The predicted octanol–water partition coefficient (Wildman–Crippen LogP) is 4.18. The molecule has 0 radical (unpaired) electrons. The van der Waals surface area contributed by atoms with Crippen molar-refractivity contribution < 1.29 is 4.74 Å². The molecule has 2 fully saturated rings. The lowest BCUT2D eigenvalue weighted by molar-refractivity contribution is 0.107. The van der Waals surface area contributed by atoms with Crippen molar-refractivity contribution in [3.63, 3.8) is 0 Å². The summed E-state index contributed by atoms with van der Waals surface area (Å²) in [6.07, 6.45) is 13.4. The summed E-state index contributed by atoms with van der Waals surface area (Å²) < 4.78 is 5.80. The fourth-order valence-electron chi connectivity index (χ4n) is 3.57. The van der Waals surface area contributed by atoms with Crippen molar-refractivity contribution in [2.75, 3.05) is 13.2 Å². The van der Waals surface area contributed by atoms with Crippen molar-refractivity contribution in [3.05, 3.63) is 0 Å². The second-order valence-corrected chi connectivity index (χ2v) is 6.91. The maximum Gasteiger partial charge on any atom is 0.109 e. The van der Waals surface area contributed by atoms with Gasteiger partial charge in [-0.15, -0.1) is 0 Å². The van der Waals surface area contributed by atoms with E-state index in [0.717, 1.165) is 26.1 Å². The van der Waals surface area contributed by atoms with Crippen LogP contribution in [-0.2, 0) is 4.74 Å². The smallest absolute Gasteiger partial charge is 0.109 e. The third kappa shape index (κ3) is 5.27. The van der Waals surface area contributed by atoms with Crippen molar-refractivity contribution in [2.45, 2.75) is 89.1 Å². The van der Waals surface area contributed by atoms with Gasteiger partial charge >= 0.3 is 0 Å². The van der Waals surface area contributed by atoms with Gasteiger partial charge in [0.15, 0.2) is 0 Å². The van der Waals surface area contributed by atoms with E-state index in [4.69, 9.17) is 4.74 Å². The van der Waals surface area contributed by atoms with Gasteiger partial charge in [-0.25, -0.2) is 0 Å². The van der Waals surface area contributed by atoms with Crippen LogP contribution in [-0.4, -0.2) is 24.8 Å². The Bertz CT molecular complexity index is 335. The number of ether oxygens (including phenoxy) is 1. The molecule has 0 amide bonds. The Labute approximate surface area is 130 Å². The van der Waals surface area contributed by atoms with Crippen LogP contribution < -0.4 is 5.32 Å². The highest BCUT2D eigenvalue weighted by atomic mass is 16.5. The van der Waals surface area contributed by atoms with E-state index in [1.54, 1.807) is 0 Å². The van der Waals surface area contributed by atoms with Crippen LogP contribution in [0.25, 0.3) is 0 Å². The Hall–Kier alpha value is -0.590. The van der Waals surface area contributed by atoms with E-state index in [2.05, 4.69) is 18.3 Å². The largest absolute Gasteiger partial charge is 0.381 e. The molecule has 2 rings (SSSR count). The molecule has 0 saturated heterocycles. The highest BCUT2D eigenvalue weighted by Crippen LogP contribution is 2.40. The van der Waals surface area contributed by atoms with Crippen molar-refractivity contribution in [3.8, 4) is 6.07 Å². The average molecular weight is 292 g/mol. The van der Waals surface area contributed by atoms with E-state index in [9.17, 15) is 5.26 Å². The van der Waals surface area contributed by atoms with Gasteiger partial charge < -0.3 is 4.74 Å². The minimum atomic E-state index is -0.244. The van der Waals surface area contributed by atoms with Crippen LogP contribution in [0.4, 0.5) is 0 Å². The fraction of sp³-hybridized carbons (Fsp3) is 0.944. The van der Waals surface area contributed by atoms with Crippen LogP contribution >= 0.6 is 0 Å². The Morgan fingerprint density at radius 2 is 1.95 bits per heavy atom. The molecule has 1 N–H and O–H groups in total. The number of hydrogen-bond acceptors (Lipinski definition) is 3. The molecule has 21 heavy (non-hydrogen) atoms. The van der Waals surface area contributed by atoms with Gasteiger partial charge in [0.2, 0.25) is 0 Å². The molecule has 0 aromatic rings. The molecule has 2 saturated carbocycles. The maximum atomic E-state index is 9.63. The van der Waals surface area contributed by atoms with Crippen LogP contribution in [0, 0.1) is 17.2 Å².